The van der Waals surface area contributed by atoms with Crippen LogP contribution >= 0.6 is 0 Å². The van der Waals surface area contributed by atoms with Gasteiger partial charge in [0.1, 0.15) is 0 Å². The van der Waals surface area contributed by atoms with E-state index in [1.165, 1.54) is 43.3 Å². The average molecular weight is 406 g/mol. The third kappa shape index (κ3) is 5.36. The fourth-order valence-electron chi connectivity index (χ4n) is 2.37. The molecule has 0 fully saturated rings. The maximum Gasteiger partial charge on any atom is 0.339 e. The first-order chi connectivity index (χ1) is 13.0. The molecule has 0 amide bonds. The maximum atomic E-state index is 12.4. The summed E-state index contributed by atoms with van der Waals surface area (Å²) in [5.41, 5.74) is 0.644. The zero-order valence-electron chi connectivity index (χ0n) is 15.3. The van der Waals surface area contributed by atoms with Crippen LogP contribution in [0, 0.1) is 17.0 Å². The molecule has 0 saturated heterocycles. The van der Waals surface area contributed by atoms with Gasteiger partial charge in [-0.2, -0.15) is 0 Å². The number of Topliss-reactive ketones (excluding diaryl/α,β-unsaturated/α-hetero) is 1. The van der Waals surface area contributed by atoms with Gasteiger partial charge in [-0.15, -0.1) is 0 Å². The molecule has 1 N–H and O–H groups in total. The van der Waals surface area contributed by atoms with Crippen LogP contribution in [0.4, 0.5) is 11.4 Å². The number of anilines is 1. The number of ether oxygens (including phenoxy) is 1. The third-order valence-corrected chi connectivity index (χ3v) is 4.37. The van der Waals surface area contributed by atoms with Gasteiger partial charge in [-0.05, 0) is 44.2 Å². The van der Waals surface area contributed by atoms with Crippen molar-refractivity contribution in [3.05, 3.63) is 69.3 Å². The Bertz CT molecular complexity index is 1030. The molecule has 0 aliphatic rings. The summed E-state index contributed by atoms with van der Waals surface area (Å²) in [6, 6.07) is 9.52. The number of rotatable bonds is 7. The number of esters is 1. The van der Waals surface area contributed by atoms with E-state index < -0.39 is 32.8 Å². The summed E-state index contributed by atoms with van der Waals surface area (Å²) in [5.74, 6) is -1.36. The molecular weight excluding hydrogens is 388 g/mol. The number of aryl methyl sites for hydroxylation is 1. The van der Waals surface area contributed by atoms with Crippen molar-refractivity contribution in [1.82, 2.24) is 0 Å². The lowest BCUT2D eigenvalue weighted by Crippen LogP contribution is -2.24. The predicted molar refractivity (Wildman–Crippen MR) is 102 cm³/mol. The van der Waals surface area contributed by atoms with E-state index in [1.807, 2.05) is 0 Å². The lowest BCUT2D eigenvalue weighted by Gasteiger charge is -2.13. The monoisotopic (exact) mass is 406 g/mol. The number of nitro groups is 1. The van der Waals surface area contributed by atoms with E-state index in [4.69, 9.17) is 4.74 Å². The summed E-state index contributed by atoms with van der Waals surface area (Å²) in [6.45, 7) is 2.92. The van der Waals surface area contributed by atoms with Crippen molar-refractivity contribution < 1.29 is 27.7 Å². The molecule has 0 aliphatic carbocycles. The molecule has 28 heavy (non-hydrogen) atoms. The molecule has 0 bridgehead atoms. The Kier molecular flexibility index (Phi) is 6.14. The van der Waals surface area contributed by atoms with Gasteiger partial charge >= 0.3 is 5.97 Å². The Balaban J connectivity index is 2.10. The van der Waals surface area contributed by atoms with E-state index >= 15 is 0 Å². The summed E-state index contributed by atoms with van der Waals surface area (Å²) < 4.78 is 29.8. The Morgan fingerprint density at radius 2 is 1.68 bits per heavy atom. The molecule has 0 aromatic heterocycles. The molecule has 2 rings (SSSR count). The van der Waals surface area contributed by atoms with Crippen LogP contribution in [-0.2, 0) is 14.8 Å². The minimum absolute atomic E-state index is 0.0374. The van der Waals surface area contributed by atoms with Crippen molar-refractivity contribution in [1.29, 1.82) is 0 Å². The highest BCUT2D eigenvalue weighted by atomic mass is 32.2. The number of benzene rings is 2. The number of carbonyl (C=O) groups is 2. The minimum atomic E-state index is -3.44. The van der Waals surface area contributed by atoms with Crippen molar-refractivity contribution in [3.63, 3.8) is 0 Å². The van der Waals surface area contributed by atoms with Crippen LogP contribution in [0.5, 0.6) is 0 Å². The van der Waals surface area contributed by atoms with Crippen LogP contribution in [0.3, 0.4) is 0 Å². The zero-order chi connectivity index (χ0) is 21.1. The van der Waals surface area contributed by atoms with E-state index in [0.29, 0.717) is 5.56 Å². The fourth-order valence-corrected chi connectivity index (χ4v) is 2.93. The van der Waals surface area contributed by atoms with Gasteiger partial charge in [0.25, 0.3) is 5.69 Å². The molecule has 10 heteroatoms. The maximum absolute atomic E-state index is 12.4. The van der Waals surface area contributed by atoms with Crippen molar-refractivity contribution in [2.75, 3.05) is 11.0 Å². The van der Waals surface area contributed by atoms with E-state index in [-0.39, 0.29) is 22.5 Å². The van der Waals surface area contributed by atoms with Crippen LogP contribution in [0.2, 0.25) is 0 Å². The Morgan fingerprint density at radius 3 is 2.21 bits per heavy atom. The highest BCUT2D eigenvalue weighted by molar-refractivity contribution is 7.92. The van der Waals surface area contributed by atoms with Gasteiger partial charge in [-0.1, -0.05) is 6.07 Å². The van der Waals surface area contributed by atoms with Crippen LogP contribution < -0.4 is 4.72 Å². The van der Waals surface area contributed by atoms with Gasteiger partial charge in [0, 0.05) is 22.9 Å². The molecule has 0 aliphatic heterocycles. The predicted octanol–water partition coefficient (Wildman–Crippen LogP) is 2.70. The standard InChI is InChI=1S/C18H18N2O7S/c1-11-4-5-14(10-16(11)20(23)24)18(22)27-12(2)17(21)13-6-8-15(9-7-13)19-28(3,25)26/h4-10,12,19H,1-3H3. The minimum Gasteiger partial charge on any atom is -0.451 e. The number of nitro benzene ring substituents is 1. The highest BCUT2D eigenvalue weighted by Crippen LogP contribution is 2.20. The van der Waals surface area contributed by atoms with E-state index in [2.05, 4.69) is 4.72 Å². The number of hydrogen-bond donors (Lipinski definition) is 1. The summed E-state index contributed by atoms with van der Waals surface area (Å²) in [7, 11) is -3.44. The normalized spacial score (nSPS) is 12.1. The molecule has 2 aromatic rings. The number of carbonyl (C=O) groups excluding carboxylic acids is 2. The summed E-state index contributed by atoms with van der Waals surface area (Å²) in [5, 5.41) is 11.0. The number of nitrogens with one attached hydrogen (secondary N) is 1. The molecule has 0 radical (unpaired) electrons. The topological polar surface area (TPSA) is 133 Å². The second kappa shape index (κ2) is 8.17. The Labute approximate surface area is 161 Å². The largest absolute Gasteiger partial charge is 0.451 e. The third-order valence-electron chi connectivity index (χ3n) is 3.77. The molecule has 9 nitrogen and oxygen atoms in total. The first-order valence-corrected chi connectivity index (χ1v) is 9.95. The van der Waals surface area contributed by atoms with Gasteiger partial charge in [0.15, 0.2) is 6.10 Å². The van der Waals surface area contributed by atoms with Crippen LogP contribution in [-0.4, -0.2) is 37.5 Å². The van der Waals surface area contributed by atoms with E-state index in [1.54, 1.807) is 6.92 Å². The lowest BCUT2D eigenvalue weighted by atomic mass is 10.1. The molecule has 1 atom stereocenters. The number of ketones is 1. The number of sulfonamides is 1. The van der Waals surface area contributed by atoms with Crippen molar-refractivity contribution in [2.24, 2.45) is 0 Å². The quantitative estimate of drug-likeness (QED) is 0.323. The SMILES string of the molecule is Cc1ccc(C(=O)OC(C)C(=O)c2ccc(NS(C)(=O)=O)cc2)cc1[N+](=O)[O-]. The summed E-state index contributed by atoms with van der Waals surface area (Å²) in [4.78, 5) is 35.0. The Hall–Kier alpha value is -3.27. The van der Waals surface area contributed by atoms with Crippen molar-refractivity contribution >= 4 is 33.2 Å². The first-order valence-electron chi connectivity index (χ1n) is 8.06. The molecular formula is C18H18N2O7S. The highest BCUT2D eigenvalue weighted by Gasteiger charge is 2.22. The van der Waals surface area contributed by atoms with Gasteiger partial charge < -0.3 is 4.74 Å². The van der Waals surface area contributed by atoms with E-state index in [9.17, 15) is 28.1 Å². The fraction of sp³-hybridized carbons (Fsp3) is 0.222. The lowest BCUT2D eigenvalue weighted by molar-refractivity contribution is -0.385. The molecule has 148 valence electrons. The van der Waals surface area contributed by atoms with E-state index in [0.717, 1.165) is 12.3 Å². The second-order valence-electron chi connectivity index (χ2n) is 6.12. The average Bonchev–Trinajstić information content (AvgIpc) is 2.60. The molecule has 2 aromatic carbocycles. The summed E-state index contributed by atoms with van der Waals surface area (Å²) >= 11 is 0. The molecule has 0 heterocycles. The molecule has 1 unspecified atom stereocenters. The van der Waals surface area contributed by atoms with Crippen LogP contribution in [0.25, 0.3) is 0 Å². The van der Waals surface area contributed by atoms with Crippen molar-refractivity contribution in [2.45, 2.75) is 20.0 Å². The van der Waals surface area contributed by atoms with Gasteiger partial charge in [-0.25, -0.2) is 13.2 Å². The number of hydrogen-bond acceptors (Lipinski definition) is 7. The zero-order valence-corrected chi connectivity index (χ0v) is 16.1. The van der Waals surface area contributed by atoms with Crippen LogP contribution in [0.15, 0.2) is 42.5 Å². The van der Waals surface area contributed by atoms with Gasteiger partial charge in [-0.3, -0.25) is 19.6 Å². The van der Waals surface area contributed by atoms with Gasteiger partial charge in [0.2, 0.25) is 15.8 Å². The van der Waals surface area contributed by atoms with Crippen LogP contribution in [0.1, 0.15) is 33.2 Å². The Morgan fingerprint density at radius 1 is 1.11 bits per heavy atom. The van der Waals surface area contributed by atoms with Crippen molar-refractivity contribution in [3.8, 4) is 0 Å². The summed E-state index contributed by atoms with van der Waals surface area (Å²) in [6.07, 6.45) is -0.134. The molecule has 0 saturated carbocycles. The van der Waals surface area contributed by atoms with Gasteiger partial charge in [0.05, 0.1) is 16.7 Å². The molecule has 0 spiro atoms. The smallest absolute Gasteiger partial charge is 0.339 e. The number of nitrogens with zero attached hydrogens (tertiary/aromatic N) is 1. The second-order valence-corrected chi connectivity index (χ2v) is 7.87. The first kappa shape index (κ1) is 21.0.